The average Bonchev–Trinajstić information content (AvgIpc) is 3.05. The first-order valence-electron chi connectivity index (χ1n) is 9.86. The maximum absolute atomic E-state index is 13.2. The van der Waals surface area contributed by atoms with Crippen LogP contribution in [0.1, 0.15) is 39.4 Å². The highest BCUT2D eigenvalue weighted by molar-refractivity contribution is 6.30. The van der Waals surface area contributed by atoms with E-state index >= 15 is 0 Å². The Labute approximate surface area is 175 Å². The molecule has 1 aliphatic heterocycles. The molecule has 4 heterocycles. The Morgan fingerprint density at radius 3 is 2.66 bits per heavy atom. The minimum atomic E-state index is 0.0162. The van der Waals surface area contributed by atoms with Crippen LogP contribution in [0.5, 0.6) is 0 Å². The van der Waals surface area contributed by atoms with Crippen LogP contribution < -0.4 is 0 Å². The summed E-state index contributed by atoms with van der Waals surface area (Å²) in [5.41, 5.74) is 5.11. The first kappa shape index (κ1) is 19.8. The van der Waals surface area contributed by atoms with Crippen molar-refractivity contribution < 1.29 is 4.79 Å². The second kappa shape index (κ2) is 7.76. The quantitative estimate of drug-likeness (QED) is 0.656. The zero-order chi connectivity index (χ0) is 20.7. The van der Waals surface area contributed by atoms with Crippen LogP contribution in [0.25, 0.3) is 5.65 Å². The summed E-state index contributed by atoms with van der Waals surface area (Å²) in [6, 6.07) is 1.91. The molecule has 1 saturated heterocycles. The number of hydrogen-bond donors (Lipinski definition) is 0. The Morgan fingerprint density at radius 1 is 1.14 bits per heavy atom. The minimum Gasteiger partial charge on any atom is -0.337 e. The Morgan fingerprint density at radius 2 is 1.93 bits per heavy atom. The topological polar surface area (TPSA) is 71.6 Å². The summed E-state index contributed by atoms with van der Waals surface area (Å²) in [5.74, 6) is 0.0162. The molecule has 0 saturated carbocycles. The predicted molar refractivity (Wildman–Crippen MR) is 111 cm³/mol. The molecule has 0 aromatic carbocycles. The second-order valence-corrected chi connectivity index (χ2v) is 8.07. The van der Waals surface area contributed by atoms with Gasteiger partial charge in [-0.15, -0.1) is 0 Å². The van der Waals surface area contributed by atoms with Gasteiger partial charge in [-0.05, 0) is 27.2 Å². The standard InChI is InChI=1S/C20H26ClN7O/c1-13-10-18-22-11-16(15(3)28(18)23-13)20(29)27-7-5-6-26(8-9-27)12-17-14(2)24-25(4)19(17)21/h10-11H,5-9,12H2,1-4H3. The van der Waals surface area contributed by atoms with Crippen molar-refractivity contribution in [1.82, 2.24) is 34.2 Å². The molecule has 3 aromatic rings. The van der Waals surface area contributed by atoms with E-state index in [2.05, 4.69) is 20.1 Å². The van der Waals surface area contributed by atoms with E-state index in [9.17, 15) is 4.79 Å². The van der Waals surface area contributed by atoms with Crippen molar-refractivity contribution in [3.05, 3.63) is 45.6 Å². The van der Waals surface area contributed by atoms with Gasteiger partial charge in [0.2, 0.25) is 0 Å². The third-order valence-corrected chi connectivity index (χ3v) is 6.08. The number of carbonyl (C=O) groups excluding carboxylic acids is 1. The summed E-state index contributed by atoms with van der Waals surface area (Å²) < 4.78 is 3.46. The summed E-state index contributed by atoms with van der Waals surface area (Å²) in [6.45, 7) is 9.70. The zero-order valence-corrected chi connectivity index (χ0v) is 18.1. The Hall–Kier alpha value is -2.45. The molecule has 0 bridgehead atoms. The predicted octanol–water partition coefficient (Wildman–Crippen LogP) is 2.39. The maximum atomic E-state index is 13.2. The molecule has 0 N–H and O–H groups in total. The average molecular weight is 416 g/mol. The number of fused-ring (bicyclic) bond motifs is 1. The van der Waals surface area contributed by atoms with E-state index in [1.54, 1.807) is 15.4 Å². The van der Waals surface area contributed by atoms with Crippen LogP contribution in [0.15, 0.2) is 12.3 Å². The first-order chi connectivity index (χ1) is 13.8. The smallest absolute Gasteiger partial charge is 0.257 e. The largest absolute Gasteiger partial charge is 0.337 e. The molecule has 1 amide bonds. The molecule has 1 fully saturated rings. The Bertz CT molecular complexity index is 1070. The third-order valence-electron chi connectivity index (χ3n) is 5.60. The maximum Gasteiger partial charge on any atom is 0.257 e. The van der Waals surface area contributed by atoms with Gasteiger partial charge in [-0.25, -0.2) is 9.50 Å². The summed E-state index contributed by atoms with van der Waals surface area (Å²) in [5, 5.41) is 9.53. The highest BCUT2D eigenvalue weighted by Gasteiger charge is 2.24. The molecule has 9 heteroatoms. The fourth-order valence-electron chi connectivity index (χ4n) is 3.95. The van der Waals surface area contributed by atoms with Gasteiger partial charge in [-0.1, -0.05) is 11.6 Å². The first-order valence-corrected chi connectivity index (χ1v) is 10.2. The molecule has 1 aliphatic rings. The van der Waals surface area contributed by atoms with Crippen molar-refractivity contribution in [3.8, 4) is 0 Å². The lowest BCUT2D eigenvalue weighted by molar-refractivity contribution is 0.0759. The molecule has 0 unspecified atom stereocenters. The lowest BCUT2D eigenvalue weighted by Gasteiger charge is -2.22. The molecule has 4 rings (SSSR count). The zero-order valence-electron chi connectivity index (χ0n) is 17.3. The summed E-state index contributed by atoms with van der Waals surface area (Å²) >= 11 is 6.39. The molecule has 8 nitrogen and oxygen atoms in total. The third kappa shape index (κ3) is 3.74. The Balaban J connectivity index is 1.48. The molecule has 0 spiro atoms. The molecule has 3 aromatic heterocycles. The van der Waals surface area contributed by atoms with Crippen molar-refractivity contribution in [1.29, 1.82) is 0 Å². The highest BCUT2D eigenvalue weighted by Crippen LogP contribution is 2.22. The lowest BCUT2D eigenvalue weighted by atomic mass is 10.2. The number of hydrogen-bond acceptors (Lipinski definition) is 5. The van der Waals surface area contributed by atoms with Gasteiger partial charge in [0.25, 0.3) is 5.91 Å². The molecular weight excluding hydrogens is 390 g/mol. The minimum absolute atomic E-state index is 0.0162. The van der Waals surface area contributed by atoms with Crippen LogP contribution in [0, 0.1) is 20.8 Å². The molecule has 0 radical (unpaired) electrons. The summed E-state index contributed by atoms with van der Waals surface area (Å²) in [7, 11) is 1.86. The van der Waals surface area contributed by atoms with Gasteiger partial charge in [0.05, 0.1) is 22.6 Å². The summed E-state index contributed by atoms with van der Waals surface area (Å²) in [6.07, 6.45) is 2.59. The van der Waals surface area contributed by atoms with Crippen LogP contribution in [0.4, 0.5) is 0 Å². The Kier molecular flexibility index (Phi) is 5.31. The number of amides is 1. The van der Waals surface area contributed by atoms with Crippen LogP contribution >= 0.6 is 11.6 Å². The molecule has 29 heavy (non-hydrogen) atoms. The fourth-order valence-corrected chi connectivity index (χ4v) is 4.19. The molecule has 0 atom stereocenters. The van der Waals surface area contributed by atoms with Crippen molar-refractivity contribution >= 4 is 23.2 Å². The van der Waals surface area contributed by atoms with Crippen molar-refractivity contribution in [2.45, 2.75) is 33.7 Å². The van der Waals surface area contributed by atoms with E-state index in [0.717, 1.165) is 60.9 Å². The number of rotatable bonds is 3. The van der Waals surface area contributed by atoms with Crippen molar-refractivity contribution in [3.63, 3.8) is 0 Å². The van der Waals surface area contributed by atoms with Gasteiger partial charge in [-0.3, -0.25) is 14.4 Å². The summed E-state index contributed by atoms with van der Waals surface area (Å²) in [4.78, 5) is 21.9. The van der Waals surface area contributed by atoms with Gasteiger partial charge in [0.15, 0.2) is 5.65 Å². The molecule has 154 valence electrons. The van der Waals surface area contributed by atoms with Crippen LogP contribution in [-0.2, 0) is 13.6 Å². The van der Waals surface area contributed by atoms with E-state index < -0.39 is 0 Å². The fraction of sp³-hybridized carbons (Fsp3) is 0.500. The van der Waals surface area contributed by atoms with E-state index in [0.29, 0.717) is 17.3 Å². The monoisotopic (exact) mass is 415 g/mol. The molecule has 0 aliphatic carbocycles. The normalized spacial score (nSPS) is 15.8. The number of aromatic nitrogens is 5. The number of aryl methyl sites for hydroxylation is 4. The van der Waals surface area contributed by atoms with E-state index in [-0.39, 0.29) is 5.91 Å². The SMILES string of the molecule is Cc1cc2ncc(C(=O)N3CCCN(Cc4c(C)nn(C)c4Cl)CC3)c(C)n2n1. The van der Waals surface area contributed by atoms with E-state index in [1.165, 1.54) is 0 Å². The van der Waals surface area contributed by atoms with Crippen molar-refractivity contribution in [2.75, 3.05) is 26.2 Å². The van der Waals surface area contributed by atoms with Crippen molar-refractivity contribution in [2.24, 2.45) is 7.05 Å². The second-order valence-electron chi connectivity index (χ2n) is 7.71. The highest BCUT2D eigenvalue weighted by atomic mass is 35.5. The van der Waals surface area contributed by atoms with Gasteiger partial charge >= 0.3 is 0 Å². The van der Waals surface area contributed by atoms with E-state index in [1.807, 2.05) is 38.8 Å². The van der Waals surface area contributed by atoms with Gasteiger partial charge in [-0.2, -0.15) is 10.2 Å². The lowest BCUT2D eigenvalue weighted by Crippen LogP contribution is -2.35. The van der Waals surface area contributed by atoms with Gasteiger partial charge < -0.3 is 4.90 Å². The van der Waals surface area contributed by atoms with Gasteiger partial charge in [0.1, 0.15) is 5.15 Å². The number of halogens is 1. The molecular formula is C20H26ClN7O. The van der Waals surface area contributed by atoms with Crippen LogP contribution in [0.2, 0.25) is 5.15 Å². The van der Waals surface area contributed by atoms with Crippen LogP contribution in [-0.4, -0.2) is 66.3 Å². The number of carbonyl (C=O) groups is 1. The van der Waals surface area contributed by atoms with Gasteiger partial charge in [0, 0.05) is 57.6 Å². The van der Waals surface area contributed by atoms with E-state index in [4.69, 9.17) is 11.6 Å². The van der Waals surface area contributed by atoms with Crippen LogP contribution in [0.3, 0.4) is 0 Å². The number of nitrogens with zero attached hydrogens (tertiary/aromatic N) is 7.